The number of rotatable bonds is 4. The van der Waals surface area contributed by atoms with Crippen LogP contribution in [0.1, 0.15) is 43.2 Å². The van der Waals surface area contributed by atoms with Gasteiger partial charge in [0.1, 0.15) is 5.01 Å². The normalized spacial score (nSPS) is 33.1. The van der Waals surface area contributed by atoms with Crippen LogP contribution in [0.25, 0.3) is 0 Å². The van der Waals surface area contributed by atoms with Crippen LogP contribution in [0, 0.1) is 5.92 Å². The van der Waals surface area contributed by atoms with Crippen LogP contribution in [-0.4, -0.2) is 29.3 Å². The van der Waals surface area contributed by atoms with Crippen LogP contribution in [0.4, 0.5) is 4.79 Å². The summed E-state index contributed by atoms with van der Waals surface area (Å²) in [5, 5.41) is 9.18. The first-order chi connectivity index (χ1) is 9.79. The lowest BCUT2D eigenvalue weighted by Crippen LogP contribution is -2.47. The molecule has 6 heteroatoms. The van der Waals surface area contributed by atoms with E-state index in [4.69, 9.17) is 4.74 Å². The van der Waals surface area contributed by atoms with Crippen molar-refractivity contribution in [2.45, 2.75) is 56.4 Å². The molecule has 5 nitrogen and oxygen atoms in total. The largest absolute Gasteiger partial charge is 0.373 e. The third-order valence-electron chi connectivity index (χ3n) is 4.52. The van der Waals surface area contributed by atoms with Crippen LogP contribution in [0.5, 0.6) is 0 Å². The first-order valence-electron chi connectivity index (χ1n) is 7.41. The average Bonchev–Trinajstić information content (AvgIpc) is 2.88. The summed E-state index contributed by atoms with van der Waals surface area (Å²) in [6.45, 7) is 0. The molecule has 3 fully saturated rings. The number of hydrogen-bond acceptors (Lipinski definition) is 4. The summed E-state index contributed by atoms with van der Waals surface area (Å²) in [5.74, 6) is 0.558. The first kappa shape index (κ1) is 12.6. The molecule has 3 aliphatic rings. The van der Waals surface area contributed by atoms with Crippen molar-refractivity contribution in [2.24, 2.45) is 5.92 Å². The van der Waals surface area contributed by atoms with Crippen molar-refractivity contribution >= 4 is 17.4 Å². The SMILES string of the molecule is O=C(N[C@H]1C[C@H]2CC[C@H]1O2)N[C@@H](c1nccs1)C1CC1. The number of ether oxygens (including phenoxy) is 1. The maximum absolute atomic E-state index is 12.2. The Hall–Kier alpha value is -1.14. The number of urea groups is 1. The summed E-state index contributed by atoms with van der Waals surface area (Å²) in [4.78, 5) is 16.6. The Morgan fingerprint density at radius 1 is 1.40 bits per heavy atom. The van der Waals surface area contributed by atoms with Gasteiger partial charge in [-0.05, 0) is 38.0 Å². The van der Waals surface area contributed by atoms with E-state index in [2.05, 4.69) is 15.6 Å². The quantitative estimate of drug-likeness (QED) is 0.894. The molecule has 0 spiro atoms. The van der Waals surface area contributed by atoms with Gasteiger partial charge in [-0.2, -0.15) is 0 Å². The zero-order valence-corrected chi connectivity index (χ0v) is 12.1. The minimum atomic E-state index is -0.0711. The van der Waals surface area contributed by atoms with Gasteiger partial charge < -0.3 is 15.4 Å². The molecule has 2 bridgehead atoms. The number of fused-ring (bicyclic) bond motifs is 2. The Labute approximate surface area is 122 Å². The zero-order valence-electron chi connectivity index (χ0n) is 11.2. The van der Waals surface area contributed by atoms with Crippen LogP contribution >= 0.6 is 11.3 Å². The van der Waals surface area contributed by atoms with Gasteiger partial charge in [-0.25, -0.2) is 9.78 Å². The fourth-order valence-corrected chi connectivity index (χ4v) is 4.12. The molecule has 1 saturated carbocycles. The lowest BCUT2D eigenvalue weighted by molar-refractivity contribution is 0.0980. The molecular formula is C14H19N3O2S. The van der Waals surface area contributed by atoms with Gasteiger partial charge >= 0.3 is 6.03 Å². The predicted molar refractivity (Wildman–Crippen MR) is 75.5 cm³/mol. The number of nitrogens with zero attached hydrogens (tertiary/aromatic N) is 1. The third kappa shape index (κ3) is 2.42. The standard InChI is InChI=1S/C14H19N3O2S/c18-14(16-10-7-9-3-4-11(10)19-9)17-12(8-1-2-8)13-15-5-6-20-13/h5-6,8-12H,1-4,7H2,(H2,16,17,18)/t9-,10+,11-,12-/m1/s1. The van der Waals surface area contributed by atoms with Gasteiger partial charge in [-0.1, -0.05) is 0 Å². The summed E-state index contributed by atoms with van der Waals surface area (Å²) in [7, 11) is 0. The number of carbonyl (C=O) groups excluding carboxylic acids is 1. The second-order valence-corrected chi connectivity index (χ2v) is 6.95. The fraction of sp³-hybridized carbons (Fsp3) is 0.714. The molecule has 2 N–H and O–H groups in total. The van der Waals surface area contributed by atoms with Crippen molar-refractivity contribution in [1.82, 2.24) is 15.6 Å². The van der Waals surface area contributed by atoms with E-state index in [1.54, 1.807) is 17.5 Å². The molecule has 20 heavy (non-hydrogen) atoms. The maximum Gasteiger partial charge on any atom is 0.315 e. The number of amides is 2. The molecule has 108 valence electrons. The topological polar surface area (TPSA) is 63.2 Å². The van der Waals surface area contributed by atoms with Crippen LogP contribution in [0.2, 0.25) is 0 Å². The van der Waals surface area contributed by atoms with Gasteiger partial charge in [0.05, 0.1) is 24.3 Å². The Bertz CT molecular complexity index is 489. The second kappa shape index (κ2) is 5.00. The minimum absolute atomic E-state index is 0.0711. The highest BCUT2D eigenvalue weighted by Crippen LogP contribution is 2.41. The Morgan fingerprint density at radius 2 is 2.30 bits per heavy atom. The molecule has 0 radical (unpaired) electrons. The van der Waals surface area contributed by atoms with Crippen molar-refractivity contribution in [3.63, 3.8) is 0 Å². The Morgan fingerprint density at radius 3 is 2.90 bits per heavy atom. The molecule has 4 atom stereocenters. The van der Waals surface area contributed by atoms with Gasteiger partial charge in [0.2, 0.25) is 0 Å². The molecule has 2 saturated heterocycles. The monoisotopic (exact) mass is 293 g/mol. The predicted octanol–water partition coefficient (Wildman–Crippen LogP) is 2.21. The molecule has 3 heterocycles. The third-order valence-corrected chi connectivity index (χ3v) is 5.38. The Balaban J connectivity index is 1.36. The summed E-state index contributed by atoms with van der Waals surface area (Å²) >= 11 is 1.62. The van der Waals surface area contributed by atoms with Crippen molar-refractivity contribution < 1.29 is 9.53 Å². The van der Waals surface area contributed by atoms with E-state index in [1.165, 1.54) is 12.8 Å². The second-order valence-electron chi connectivity index (χ2n) is 6.02. The lowest BCUT2D eigenvalue weighted by Gasteiger charge is -2.22. The summed E-state index contributed by atoms with van der Waals surface area (Å²) < 4.78 is 5.77. The van der Waals surface area contributed by atoms with Crippen molar-refractivity contribution in [2.75, 3.05) is 0 Å². The van der Waals surface area contributed by atoms with E-state index in [-0.39, 0.29) is 24.2 Å². The molecule has 4 rings (SSSR count). The van der Waals surface area contributed by atoms with E-state index < -0.39 is 0 Å². The number of nitrogens with one attached hydrogen (secondary N) is 2. The lowest BCUT2D eigenvalue weighted by atomic mass is 9.96. The molecular weight excluding hydrogens is 274 g/mol. The van der Waals surface area contributed by atoms with Gasteiger partial charge in [0.15, 0.2) is 0 Å². The van der Waals surface area contributed by atoms with Crippen LogP contribution in [-0.2, 0) is 4.74 Å². The van der Waals surface area contributed by atoms with Crippen LogP contribution < -0.4 is 10.6 Å². The average molecular weight is 293 g/mol. The van der Waals surface area contributed by atoms with E-state index in [0.29, 0.717) is 12.0 Å². The number of aromatic nitrogens is 1. The van der Waals surface area contributed by atoms with E-state index >= 15 is 0 Å². The highest BCUT2D eigenvalue weighted by Gasteiger charge is 2.42. The Kier molecular flexibility index (Phi) is 3.15. The molecule has 1 aromatic heterocycles. The highest BCUT2D eigenvalue weighted by molar-refractivity contribution is 7.09. The maximum atomic E-state index is 12.2. The molecule has 0 aromatic carbocycles. The fourth-order valence-electron chi connectivity index (χ4n) is 3.34. The molecule has 1 aliphatic carbocycles. The molecule has 1 aromatic rings. The van der Waals surface area contributed by atoms with Gasteiger partial charge in [0.25, 0.3) is 0 Å². The van der Waals surface area contributed by atoms with Gasteiger partial charge in [0, 0.05) is 11.6 Å². The van der Waals surface area contributed by atoms with Gasteiger partial charge in [-0.15, -0.1) is 11.3 Å². The molecule has 2 aliphatic heterocycles. The first-order valence-corrected chi connectivity index (χ1v) is 8.29. The number of carbonyl (C=O) groups is 1. The van der Waals surface area contributed by atoms with Crippen LogP contribution in [0.3, 0.4) is 0 Å². The summed E-state index contributed by atoms with van der Waals surface area (Å²) in [5.41, 5.74) is 0. The molecule has 0 unspecified atom stereocenters. The minimum Gasteiger partial charge on any atom is -0.373 e. The van der Waals surface area contributed by atoms with E-state index in [0.717, 1.165) is 24.3 Å². The van der Waals surface area contributed by atoms with Crippen molar-refractivity contribution in [3.8, 4) is 0 Å². The number of thiazole rings is 1. The van der Waals surface area contributed by atoms with E-state index in [1.807, 2.05) is 5.38 Å². The van der Waals surface area contributed by atoms with E-state index in [9.17, 15) is 4.79 Å². The zero-order chi connectivity index (χ0) is 13.5. The van der Waals surface area contributed by atoms with Crippen LogP contribution in [0.15, 0.2) is 11.6 Å². The summed E-state index contributed by atoms with van der Waals surface area (Å²) in [6, 6.07) is 0.192. The van der Waals surface area contributed by atoms with Crippen molar-refractivity contribution in [1.29, 1.82) is 0 Å². The molecule has 2 amide bonds. The van der Waals surface area contributed by atoms with Gasteiger partial charge in [-0.3, -0.25) is 0 Å². The smallest absolute Gasteiger partial charge is 0.315 e. The summed E-state index contributed by atoms with van der Waals surface area (Å²) in [6.07, 6.45) is 7.95. The van der Waals surface area contributed by atoms with Crippen molar-refractivity contribution in [3.05, 3.63) is 16.6 Å². The highest BCUT2D eigenvalue weighted by atomic mass is 32.1. The number of hydrogen-bond donors (Lipinski definition) is 2.